The molecule has 35 heavy (non-hydrogen) atoms. The Kier molecular flexibility index (Phi) is 7.89. The highest BCUT2D eigenvalue weighted by Crippen LogP contribution is 2.43. The van der Waals surface area contributed by atoms with Crippen molar-refractivity contribution in [2.24, 2.45) is 0 Å². The van der Waals surface area contributed by atoms with Gasteiger partial charge in [0.25, 0.3) is 10.1 Å². The summed E-state index contributed by atoms with van der Waals surface area (Å²) in [6.45, 7) is 1.85. The molecule has 0 aliphatic rings. The van der Waals surface area contributed by atoms with Crippen molar-refractivity contribution in [3.05, 3.63) is 134 Å². The molecule has 0 aliphatic carbocycles. The first-order chi connectivity index (χ1) is 16.7. The molecule has 0 N–H and O–H groups in total. The van der Waals surface area contributed by atoms with E-state index in [2.05, 4.69) is 0 Å². The monoisotopic (exact) mass is 544 g/mol. The van der Waals surface area contributed by atoms with Crippen LogP contribution >= 0.6 is 34.8 Å². The predicted octanol–water partition coefficient (Wildman–Crippen LogP) is 8.09. The summed E-state index contributed by atoms with van der Waals surface area (Å²) in [5.41, 5.74) is 3.02. The summed E-state index contributed by atoms with van der Waals surface area (Å²) in [7, 11) is -3.93. The molecule has 0 bridgehead atoms. The zero-order chi connectivity index (χ0) is 25.1. The van der Waals surface area contributed by atoms with Crippen LogP contribution in [0, 0.1) is 6.92 Å². The van der Waals surface area contributed by atoms with Crippen LogP contribution in [-0.2, 0) is 19.7 Å². The van der Waals surface area contributed by atoms with E-state index >= 15 is 0 Å². The normalized spacial score (nSPS) is 12.0. The SMILES string of the molecule is Cc1ccc(S(=O)(=O)OCCC(c2ccc(Cl)cc2)(c2ccc(Cl)cc2)c2ccc(Cl)cc2)cc1. The van der Waals surface area contributed by atoms with Crippen LogP contribution in [0.4, 0.5) is 0 Å². The van der Waals surface area contributed by atoms with E-state index < -0.39 is 15.5 Å². The summed E-state index contributed by atoms with van der Waals surface area (Å²) in [6, 6.07) is 29.2. The van der Waals surface area contributed by atoms with E-state index in [1.54, 1.807) is 24.3 Å². The molecule has 3 nitrogen and oxygen atoms in total. The highest BCUT2D eigenvalue weighted by Gasteiger charge is 2.37. The largest absolute Gasteiger partial charge is 0.296 e. The maximum Gasteiger partial charge on any atom is 0.296 e. The first kappa shape index (κ1) is 25.7. The second kappa shape index (κ2) is 10.7. The van der Waals surface area contributed by atoms with E-state index in [0.29, 0.717) is 21.5 Å². The van der Waals surface area contributed by atoms with Gasteiger partial charge in [-0.25, -0.2) is 0 Å². The zero-order valence-corrected chi connectivity index (χ0v) is 22.0. The lowest BCUT2D eigenvalue weighted by molar-refractivity contribution is 0.290. The van der Waals surface area contributed by atoms with Gasteiger partial charge in [0.15, 0.2) is 0 Å². The molecular formula is C28H23Cl3O3S. The third-order valence-corrected chi connectivity index (χ3v) is 8.12. The summed E-state index contributed by atoms with van der Waals surface area (Å²) in [5.74, 6) is 0. The second-order valence-electron chi connectivity index (χ2n) is 8.27. The van der Waals surface area contributed by atoms with Gasteiger partial charge in [0.05, 0.1) is 11.5 Å². The first-order valence-electron chi connectivity index (χ1n) is 10.9. The fourth-order valence-corrected chi connectivity index (χ4v) is 5.50. The van der Waals surface area contributed by atoms with Crippen LogP contribution in [0.3, 0.4) is 0 Å². The van der Waals surface area contributed by atoms with Gasteiger partial charge in [-0.2, -0.15) is 8.42 Å². The third-order valence-electron chi connectivity index (χ3n) is 6.04. The Morgan fingerprint density at radius 1 is 0.629 bits per heavy atom. The molecule has 4 aromatic rings. The molecule has 7 heteroatoms. The highest BCUT2D eigenvalue weighted by molar-refractivity contribution is 7.86. The lowest BCUT2D eigenvalue weighted by Gasteiger charge is -2.36. The van der Waals surface area contributed by atoms with Gasteiger partial charge in [-0.05, 0) is 78.6 Å². The molecule has 0 saturated heterocycles. The molecule has 180 valence electrons. The van der Waals surface area contributed by atoms with Gasteiger partial charge in [0, 0.05) is 20.5 Å². The van der Waals surface area contributed by atoms with Crippen LogP contribution < -0.4 is 0 Å². The second-order valence-corrected chi connectivity index (χ2v) is 11.2. The Balaban J connectivity index is 1.79. The molecule has 0 unspecified atom stereocenters. The molecule has 4 aromatic carbocycles. The number of rotatable bonds is 8. The highest BCUT2D eigenvalue weighted by atomic mass is 35.5. The summed E-state index contributed by atoms with van der Waals surface area (Å²) in [5, 5.41) is 1.81. The summed E-state index contributed by atoms with van der Waals surface area (Å²) in [4.78, 5) is 0.123. The van der Waals surface area contributed by atoms with Crippen molar-refractivity contribution in [2.45, 2.75) is 23.7 Å². The third kappa shape index (κ3) is 5.74. The number of hydrogen-bond donors (Lipinski definition) is 0. The Bertz CT molecular complexity index is 1270. The first-order valence-corrected chi connectivity index (χ1v) is 13.5. The molecule has 0 fully saturated rings. The molecule has 0 heterocycles. The average molecular weight is 546 g/mol. The van der Waals surface area contributed by atoms with Crippen molar-refractivity contribution < 1.29 is 12.6 Å². The molecule has 0 spiro atoms. The maximum absolute atomic E-state index is 12.9. The quantitative estimate of drug-likeness (QED) is 0.166. The number of hydrogen-bond acceptors (Lipinski definition) is 3. The fourth-order valence-electron chi connectivity index (χ4n) is 4.21. The minimum Gasteiger partial charge on any atom is -0.266 e. The predicted molar refractivity (Wildman–Crippen MR) is 143 cm³/mol. The molecule has 0 atom stereocenters. The summed E-state index contributed by atoms with van der Waals surface area (Å²) in [6.07, 6.45) is 0.336. The number of aryl methyl sites for hydroxylation is 1. The van der Waals surface area contributed by atoms with Gasteiger partial charge >= 0.3 is 0 Å². The maximum atomic E-state index is 12.9. The van der Waals surface area contributed by atoms with E-state index in [1.807, 2.05) is 79.7 Å². The fraction of sp³-hybridized carbons (Fsp3) is 0.143. The van der Waals surface area contributed by atoms with Crippen molar-refractivity contribution in [3.63, 3.8) is 0 Å². The molecule has 0 aliphatic heterocycles. The Morgan fingerprint density at radius 2 is 1.00 bits per heavy atom. The van der Waals surface area contributed by atoms with Crippen molar-refractivity contribution in [1.82, 2.24) is 0 Å². The molecule has 0 aromatic heterocycles. The van der Waals surface area contributed by atoms with Gasteiger partial charge in [-0.1, -0.05) is 88.9 Å². The van der Waals surface area contributed by atoms with Gasteiger partial charge in [-0.15, -0.1) is 0 Å². The molecular weight excluding hydrogens is 523 g/mol. The van der Waals surface area contributed by atoms with E-state index in [0.717, 1.165) is 22.3 Å². The smallest absolute Gasteiger partial charge is 0.266 e. The van der Waals surface area contributed by atoms with Crippen LogP contribution in [-0.4, -0.2) is 15.0 Å². The lowest BCUT2D eigenvalue weighted by atomic mass is 9.67. The van der Waals surface area contributed by atoms with Gasteiger partial charge in [0.1, 0.15) is 0 Å². The van der Waals surface area contributed by atoms with Crippen LogP contribution in [0.2, 0.25) is 15.1 Å². The Hall–Kier alpha value is -2.34. The van der Waals surface area contributed by atoms with Crippen molar-refractivity contribution in [1.29, 1.82) is 0 Å². The van der Waals surface area contributed by atoms with E-state index in [9.17, 15) is 8.42 Å². The molecule has 4 rings (SSSR count). The molecule has 0 radical (unpaired) electrons. The van der Waals surface area contributed by atoms with Crippen LogP contribution in [0.5, 0.6) is 0 Å². The topological polar surface area (TPSA) is 43.4 Å². The average Bonchev–Trinajstić information content (AvgIpc) is 2.84. The van der Waals surface area contributed by atoms with E-state index in [1.165, 1.54) is 0 Å². The zero-order valence-electron chi connectivity index (χ0n) is 18.9. The van der Waals surface area contributed by atoms with Gasteiger partial charge in [0.2, 0.25) is 0 Å². The number of halogens is 3. The summed E-state index contributed by atoms with van der Waals surface area (Å²) >= 11 is 18.6. The van der Waals surface area contributed by atoms with E-state index in [-0.39, 0.29) is 11.5 Å². The standard InChI is InChI=1S/C28H23Cl3O3S/c1-20-2-16-27(17-3-20)35(32,33)34-19-18-28(21-4-10-24(29)11-5-21,22-6-12-25(30)13-7-22)23-8-14-26(31)15-9-23/h2-17H,18-19H2,1H3. The lowest BCUT2D eigenvalue weighted by Crippen LogP contribution is -2.31. The van der Waals surface area contributed by atoms with Gasteiger partial charge in [-0.3, -0.25) is 4.18 Å². The number of benzene rings is 4. The van der Waals surface area contributed by atoms with E-state index in [4.69, 9.17) is 39.0 Å². The summed E-state index contributed by atoms with van der Waals surface area (Å²) < 4.78 is 31.3. The Morgan fingerprint density at radius 3 is 1.37 bits per heavy atom. The van der Waals surface area contributed by atoms with Gasteiger partial charge < -0.3 is 0 Å². The minimum absolute atomic E-state index is 0.0515. The minimum atomic E-state index is -3.93. The molecule has 0 amide bonds. The Labute approximate surface area is 221 Å². The van der Waals surface area contributed by atoms with Crippen molar-refractivity contribution in [2.75, 3.05) is 6.61 Å². The van der Waals surface area contributed by atoms with Crippen molar-refractivity contribution in [3.8, 4) is 0 Å². The van der Waals surface area contributed by atoms with Crippen LogP contribution in [0.25, 0.3) is 0 Å². The van der Waals surface area contributed by atoms with Crippen LogP contribution in [0.1, 0.15) is 28.7 Å². The van der Waals surface area contributed by atoms with Crippen molar-refractivity contribution >= 4 is 44.9 Å². The molecule has 0 saturated carbocycles. The van der Waals surface area contributed by atoms with Crippen LogP contribution in [0.15, 0.2) is 102 Å².